The van der Waals surface area contributed by atoms with Crippen molar-refractivity contribution in [3.63, 3.8) is 0 Å². The first-order valence-corrected chi connectivity index (χ1v) is 8.00. The lowest BCUT2D eigenvalue weighted by molar-refractivity contribution is -0.802. The topological polar surface area (TPSA) is 97.7 Å². The summed E-state index contributed by atoms with van der Waals surface area (Å²) in [6.07, 6.45) is -5.03. The van der Waals surface area contributed by atoms with E-state index < -0.39 is 48.1 Å². The molecule has 0 aliphatic carbocycles. The number of rotatable bonds is 7. The second kappa shape index (κ2) is 8.33. The lowest BCUT2D eigenvalue weighted by atomic mass is 10.4. The number of carbonyl (C=O) groups is 2. The lowest BCUT2D eigenvalue weighted by Gasteiger charge is -2.07. The first kappa shape index (κ1) is 23.2. The highest BCUT2D eigenvalue weighted by atomic mass is 35.5. The molecule has 2 heterocycles. The van der Waals surface area contributed by atoms with Crippen molar-refractivity contribution < 1.29 is 55.2 Å². The van der Waals surface area contributed by atoms with Gasteiger partial charge in [-0.05, 0) is 4.68 Å². The zero-order chi connectivity index (χ0) is 22.9. The Balaban J connectivity index is 2.25. The Morgan fingerprint density at radius 1 is 1.10 bits per heavy atom. The second-order valence-corrected chi connectivity index (χ2v) is 5.87. The van der Waals surface area contributed by atoms with Crippen LogP contribution >= 0.6 is 11.6 Å². The van der Waals surface area contributed by atoms with Crippen molar-refractivity contribution in [2.24, 2.45) is 14.1 Å². The highest BCUT2D eigenvalue weighted by Gasteiger charge is 2.37. The summed E-state index contributed by atoms with van der Waals surface area (Å²) in [6, 6.07) is 1.52. The fourth-order valence-electron chi connectivity index (χ4n) is 2.20. The van der Waals surface area contributed by atoms with Gasteiger partial charge in [0.1, 0.15) is 5.69 Å². The van der Waals surface area contributed by atoms with Crippen molar-refractivity contribution >= 4 is 23.5 Å². The van der Waals surface area contributed by atoms with E-state index >= 15 is 0 Å². The number of halogens is 6. The predicted molar refractivity (Wildman–Crippen MR) is 83.7 cm³/mol. The SMILES string of the molecule is COC(=O)c1cc(OC(F)(F)Cl)[n+](COC(=O)c2cc(OC(F)(F)F)nn2C)n1C. The third-order valence-corrected chi connectivity index (χ3v) is 3.52. The molecule has 0 saturated carbocycles. The molecule has 0 spiro atoms. The van der Waals surface area contributed by atoms with E-state index in [4.69, 9.17) is 16.3 Å². The summed E-state index contributed by atoms with van der Waals surface area (Å²) >= 11 is 4.73. The van der Waals surface area contributed by atoms with Crippen LogP contribution in [0.15, 0.2) is 12.1 Å². The van der Waals surface area contributed by atoms with E-state index in [0.717, 1.165) is 34.3 Å². The maximum absolute atomic E-state index is 13.0. The number of esters is 2. The van der Waals surface area contributed by atoms with Gasteiger partial charge in [-0.15, -0.1) is 31.7 Å². The summed E-state index contributed by atoms with van der Waals surface area (Å²) < 4.78 is 82.6. The third-order valence-electron chi connectivity index (χ3n) is 3.44. The minimum absolute atomic E-state index is 0.258. The van der Waals surface area contributed by atoms with Crippen molar-refractivity contribution in [3.8, 4) is 11.8 Å². The molecule has 0 fully saturated rings. The van der Waals surface area contributed by atoms with Crippen LogP contribution in [0, 0.1) is 0 Å². The monoisotopic (exact) mass is 463 g/mol. The van der Waals surface area contributed by atoms with Crippen molar-refractivity contribution in [3.05, 3.63) is 23.5 Å². The van der Waals surface area contributed by atoms with E-state index in [1.54, 1.807) is 0 Å². The largest absolute Gasteiger partial charge is 0.574 e. The van der Waals surface area contributed by atoms with Gasteiger partial charge in [0.2, 0.25) is 5.88 Å². The number of aromatic nitrogens is 4. The molecule has 0 aromatic carbocycles. The average Bonchev–Trinajstić information content (AvgIpc) is 3.09. The Bertz CT molecular complexity index is 952. The summed E-state index contributed by atoms with van der Waals surface area (Å²) in [5.74, 6) is -3.69. The second-order valence-electron chi connectivity index (χ2n) is 5.43. The zero-order valence-electron chi connectivity index (χ0n) is 15.4. The minimum Gasteiger partial charge on any atom is -0.464 e. The van der Waals surface area contributed by atoms with Crippen LogP contribution in [0.3, 0.4) is 0 Å². The highest BCUT2D eigenvalue weighted by molar-refractivity contribution is 6.20. The van der Waals surface area contributed by atoms with Gasteiger partial charge < -0.3 is 18.9 Å². The molecule has 0 saturated heterocycles. The number of alkyl halides is 6. The molecule has 2 rings (SSSR count). The summed E-state index contributed by atoms with van der Waals surface area (Å²) in [4.78, 5) is 23.9. The van der Waals surface area contributed by atoms with E-state index in [-0.39, 0.29) is 5.69 Å². The molecule has 2 aromatic rings. The van der Waals surface area contributed by atoms with E-state index in [1.165, 1.54) is 7.05 Å². The lowest BCUT2D eigenvalue weighted by Crippen LogP contribution is -2.46. The molecule has 0 atom stereocenters. The summed E-state index contributed by atoms with van der Waals surface area (Å²) in [7, 11) is 3.42. The van der Waals surface area contributed by atoms with E-state index in [2.05, 4.69) is 19.3 Å². The number of hydrogen-bond donors (Lipinski definition) is 0. The van der Waals surface area contributed by atoms with Gasteiger partial charge in [-0.1, -0.05) is 0 Å². The molecule has 0 radical (unpaired) electrons. The Morgan fingerprint density at radius 2 is 1.73 bits per heavy atom. The van der Waals surface area contributed by atoms with Crippen molar-refractivity contribution in [2.45, 2.75) is 18.7 Å². The number of carbonyl (C=O) groups excluding carboxylic acids is 2. The van der Waals surface area contributed by atoms with Gasteiger partial charge in [0.15, 0.2) is 5.69 Å². The standard InChI is InChI=1S/C14H13ClF5N4O6/c1-22-7(4-9(21-22)29-14(18,19)20)12(26)28-6-24-10(30-13(15,16)17)5-8(23(24)2)11(25)27-3/h4-5H,6H2,1-3H3/q+1. The maximum Gasteiger partial charge on any atom is 0.574 e. The van der Waals surface area contributed by atoms with Gasteiger partial charge in [0.05, 0.1) is 20.2 Å². The molecular formula is C14H13ClF5N4O6+. The van der Waals surface area contributed by atoms with Gasteiger partial charge in [-0.3, -0.25) is 4.68 Å². The molecule has 0 aliphatic rings. The molecule has 0 amide bonds. The molecule has 16 heteroatoms. The van der Waals surface area contributed by atoms with Gasteiger partial charge in [0, 0.05) is 24.7 Å². The molecule has 10 nitrogen and oxygen atoms in total. The minimum atomic E-state index is -5.03. The summed E-state index contributed by atoms with van der Waals surface area (Å²) in [5.41, 5.74) is -4.86. The quantitative estimate of drug-likeness (QED) is 0.267. The van der Waals surface area contributed by atoms with Crippen LogP contribution in [0.5, 0.6) is 11.8 Å². The van der Waals surface area contributed by atoms with Crippen LogP contribution in [-0.2, 0) is 30.3 Å². The van der Waals surface area contributed by atoms with Crippen LogP contribution in [0.2, 0.25) is 0 Å². The van der Waals surface area contributed by atoms with Crippen molar-refractivity contribution in [1.29, 1.82) is 0 Å². The molecular weight excluding hydrogens is 451 g/mol. The predicted octanol–water partition coefficient (Wildman–Crippen LogP) is 1.71. The first-order valence-electron chi connectivity index (χ1n) is 7.62. The van der Waals surface area contributed by atoms with Crippen LogP contribution in [0.1, 0.15) is 21.0 Å². The normalized spacial score (nSPS) is 11.9. The molecule has 0 bridgehead atoms. The number of methoxy groups -OCH3 is 1. The summed E-state index contributed by atoms with van der Waals surface area (Å²) in [6.45, 7) is -0.796. The molecule has 0 unspecified atom stereocenters. The number of aryl methyl sites for hydroxylation is 1. The van der Waals surface area contributed by atoms with E-state index in [1.807, 2.05) is 0 Å². The van der Waals surface area contributed by atoms with Crippen LogP contribution in [-0.4, -0.2) is 45.4 Å². The van der Waals surface area contributed by atoms with Crippen molar-refractivity contribution in [2.75, 3.05) is 7.11 Å². The first-order chi connectivity index (χ1) is 13.7. The number of nitrogens with zero attached hydrogens (tertiary/aromatic N) is 4. The van der Waals surface area contributed by atoms with E-state index in [9.17, 15) is 31.5 Å². The van der Waals surface area contributed by atoms with Crippen LogP contribution in [0.4, 0.5) is 22.0 Å². The van der Waals surface area contributed by atoms with Gasteiger partial charge >= 0.3 is 36.5 Å². The zero-order valence-corrected chi connectivity index (χ0v) is 16.1. The fourth-order valence-corrected chi connectivity index (χ4v) is 2.28. The third kappa shape index (κ3) is 5.71. The van der Waals surface area contributed by atoms with Gasteiger partial charge in [-0.2, -0.15) is 0 Å². The smallest absolute Gasteiger partial charge is 0.464 e. The van der Waals surface area contributed by atoms with Gasteiger partial charge in [-0.25, -0.2) is 9.59 Å². The molecule has 0 N–H and O–H groups in total. The molecule has 2 aromatic heterocycles. The van der Waals surface area contributed by atoms with Gasteiger partial charge in [0.25, 0.3) is 0 Å². The van der Waals surface area contributed by atoms with Crippen molar-refractivity contribution in [1.82, 2.24) is 14.5 Å². The molecule has 30 heavy (non-hydrogen) atoms. The van der Waals surface area contributed by atoms with E-state index in [0.29, 0.717) is 6.07 Å². The molecule has 0 aliphatic heterocycles. The Hall–Kier alpha value is -3.10. The average molecular weight is 464 g/mol. The Morgan fingerprint density at radius 3 is 2.27 bits per heavy atom. The van der Waals surface area contributed by atoms with Crippen LogP contribution in [0.25, 0.3) is 0 Å². The Kier molecular flexibility index (Phi) is 6.44. The molecule has 166 valence electrons. The number of hydrogen-bond acceptors (Lipinski definition) is 7. The maximum atomic E-state index is 13.0. The van der Waals surface area contributed by atoms with Crippen LogP contribution < -0.4 is 14.2 Å². The fraction of sp³-hybridized carbons (Fsp3) is 0.429. The highest BCUT2D eigenvalue weighted by Crippen LogP contribution is 2.24. The Labute approximate surface area is 169 Å². The summed E-state index contributed by atoms with van der Waals surface area (Å²) in [5, 5.41) is 3.35. The number of ether oxygens (including phenoxy) is 4.